The van der Waals surface area contributed by atoms with Gasteiger partial charge >= 0.3 is 12.3 Å². The van der Waals surface area contributed by atoms with Crippen molar-refractivity contribution in [2.45, 2.75) is 52.1 Å². The lowest BCUT2D eigenvalue weighted by molar-refractivity contribution is 0.0573. The number of carbonyl (C=O) groups is 2. The Morgan fingerprint density at radius 3 is 2.16 bits per heavy atom. The van der Waals surface area contributed by atoms with Crippen LogP contribution in [0.1, 0.15) is 51.3 Å². The SMILES string of the molecule is COC(=O)OCC(C)(C)c1cc(C(C)(C)C)c(N)cc1COC(=O)O. The fourth-order valence-electron chi connectivity index (χ4n) is 2.58. The Morgan fingerprint density at radius 1 is 1.08 bits per heavy atom. The molecule has 0 aromatic heterocycles. The van der Waals surface area contributed by atoms with Crippen LogP contribution in [0.3, 0.4) is 0 Å². The van der Waals surface area contributed by atoms with E-state index in [-0.39, 0.29) is 18.6 Å². The molecule has 1 aromatic carbocycles. The number of rotatable bonds is 5. The quantitative estimate of drug-likeness (QED) is 0.612. The smallest absolute Gasteiger partial charge is 0.450 e. The maximum atomic E-state index is 11.3. The summed E-state index contributed by atoms with van der Waals surface area (Å²) in [7, 11) is 1.24. The van der Waals surface area contributed by atoms with E-state index in [0.29, 0.717) is 11.3 Å². The van der Waals surface area contributed by atoms with Crippen molar-refractivity contribution >= 4 is 18.0 Å². The topological polar surface area (TPSA) is 108 Å². The van der Waals surface area contributed by atoms with Gasteiger partial charge in [0.2, 0.25) is 0 Å². The van der Waals surface area contributed by atoms with Gasteiger partial charge in [-0.3, -0.25) is 0 Å². The third kappa shape index (κ3) is 5.55. The van der Waals surface area contributed by atoms with Crippen LogP contribution in [-0.2, 0) is 31.6 Å². The second-order valence-electron chi connectivity index (χ2n) is 7.53. The molecule has 0 aliphatic rings. The number of carboxylic acid groups (broad SMARTS) is 1. The van der Waals surface area contributed by atoms with Crippen LogP contribution in [0.2, 0.25) is 0 Å². The van der Waals surface area contributed by atoms with Gasteiger partial charge < -0.3 is 25.1 Å². The first-order valence-corrected chi connectivity index (χ1v) is 7.88. The van der Waals surface area contributed by atoms with E-state index >= 15 is 0 Å². The highest BCUT2D eigenvalue weighted by molar-refractivity contribution is 5.60. The molecule has 0 atom stereocenters. The number of methoxy groups -OCH3 is 1. The van der Waals surface area contributed by atoms with E-state index < -0.39 is 17.7 Å². The number of hydrogen-bond donors (Lipinski definition) is 2. The molecule has 25 heavy (non-hydrogen) atoms. The first-order valence-electron chi connectivity index (χ1n) is 7.88. The Balaban J connectivity index is 3.35. The van der Waals surface area contributed by atoms with Crippen molar-refractivity contribution in [2.75, 3.05) is 19.5 Å². The van der Waals surface area contributed by atoms with Crippen molar-refractivity contribution in [1.82, 2.24) is 0 Å². The summed E-state index contributed by atoms with van der Waals surface area (Å²) in [6.07, 6.45) is -2.14. The summed E-state index contributed by atoms with van der Waals surface area (Å²) < 4.78 is 14.3. The Kier molecular flexibility index (Phi) is 6.29. The zero-order chi connectivity index (χ0) is 19.4. The van der Waals surface area contributed by atoms with Crippen LogP contribution < -0.4 is 5.73 Å². The summed E-state index contributed by atoms with van der Waals surface area (Å²) in [6.45, 7) is 9.81. The van der Waals surface area contributed by atoms with E-state index in [9.17, 15) is 9.59 Å². The van der Waals surface area contributed by atoms with E-state index in [0.717, 1.165) is 11.1 Å². The Morgan fingerprint density at radius 2 is 1.68 bits per heavy atom. The van der Waals surface area contributed by atoms with Crippen molar-refractivity contribution in [3.63, 3.8) is 0 Å². The molecule has 0 fully saturated rings. The number of hydrogen-bond acceptors (Lipinski definition) is 6. The highest BCUT2D eigenvalue weighted by Gasteiger charge is 2.29. The van der Waals surface area contributed by atoms with E-state index in [1.807, 2.05) is 40.7 Å². The molecule has 1 rings (SSSR count). The molecule has 0 unspecified atom stereocenters. The van der Waals surface area contributed by atoms with Crippen molar-refractivity contribution in [3.8, 4) is 0 Å². The van der Waals surface area contributed by atoms with Gasteiger partial charge in [0.05, 0.1) is 7.11 Å². The molecule has 0 amide bonds. The minimum atomic E-state index is -1.37. The van der Waals surface area contributed by atoms with Gasteiger partial charge in [-0.1, -0.05) is 40.7 Å². The fraction of sp³-hybridized carbons (Fsp3) is 0.556. The Bertz CT molecular complexity index is 646. The third-order valence-corrected chi connectivity index (χ3v) is 3.88. The van der Waals surface area contributed by atoms with Gasteiger partial charge in [0.1, 0.15) is 13.2 Å². The minimum Gasteiger partial charge on any atom is -0.450 e. The van der Waals surface area contributed by atoms with Crippen LogP contribution >= 0.6 is 0 Å². The average molecular weight is 353 g/mol. The Labute approximate surface area is 148 Å². The van der Waals surface area contributed by atoms with E-state index in [4.69, 9.17) is 20.3 Å². The van der Waals surface area contributed by atoms with Gasteiger partial charge in [0.15, 0.2) is 0 Å². The second kappa shape index (κ2) is 7.63. The van der Waals surface area contributed by atoms with Crippen molar-refractivity contribution in [3.05, 3.63) is 28.8 Å². The lowest BCUT2D eigenvalue weighted by atomic mass is 9.77. The largest absolute Gasteiger partial charge is 0.508 e. The molecule has 7 heteroatoms. The maximum Gasteiger partial charge on any atom is 0.508 e. The molecule has 1 aromatic rings. The first kappa shape index (κ1) is 20.6. The van der Waals surface area contributed by atoms with Gasteiger partial charge in [-0.05, 0) is 28.2 Å². The molecule has 0 radical (unpaired) electrons. The molecular formula is C18H27NO6. The molecule has 0 bridgehead atoms. The van der Waals surface area contributed by atoms with Crippen LogP contribution in [-0.4, -0.2) is 31.1 Å². The average Bonchev–Trinajstić information content (AvgIpc) is 2.49. The number of ether oxygens (including phenoxy) is 3. The molecule has 0 aliphatic carbocycles. The zero-order valence-electron chi connectivity index (χ0n) is 15.6. The molecule has 0 heterocycles. The molecule has 3 N–H and O–H groups in total. The van der Waals surface area contributed by atoms with Crippen LogP contribution in [0.4, 0.5) is 15.3 Å². The predicted octanol–water partition coefficient (Wildman–Crippen LogP) is 3.82. The van der Waals surface area contributed by atoms with Crippen LogP contribution in [0, 0.1) is 0 Å². The predicted molar refractivity (Wildman–Crippen MR) is 93.8 cm³/mol. The number of nitrogen functional groups attached to an aromatic ring is 1. The van der Waals surface area contributed by atoms with Gasteiger partial charge in [-0.2, -0.15) is 0 Å². The zero-order valence-corrected chi connectivity index (χ0v) is 15.6. The lowest BCUT2D eigenvalue weighted by Gasteiger charge is -2.30. The number of benzene rings is 1. The lowest BCUT2D eigenvalue weighted by Crippen LogP contribution is -2.29. The second-order valence-corrected chi connectivity index (χ2v) is 7.53. The van der Waals surface area contributed by atoms with Gasteiger partial charge in [-0.25, -0.2) is 9.59 Å². The number of carbonyl (C=O) groups excluding carboxylic acids is 1. The van der Waals surface area contributed by atoms with Crippen LogP contribution in [0.25, 0.3) is 0 Å². The summed E-state index contributed by atoms with van der Waals surface area (Å²) in [5, 5.41) is 8.79. The number of nitrogens with two attached hydrogens (primary N) is 1. The molecule has 0 aliphatic heterocycles. The molecular weight excluding hydrogens is 326 g/mol. The third-order valence-electron chi connectivity index (χ3n) is 3.88. The summed E-state index contributed by atoms with van der Waals surface area (Å²) in [5.74, 6) is 0. The highest BCUT2D eigenvalue weighted by Crippen LogP contribution is 2.36. The minimum absolute atomic E-state index is 0.0627. The molecule has 7 nitrogen and oxygen atoms in total. The monoisotopic (exact) mass is 353 g/mol. The molecule has 0 spiro atoms. The van der Waals surface area contributed by atoms with Crippen molar-refractivity contribution < 1.29 is 28.9 Å². The molecule has 140 valence electrons. The van der Waals surface area contributed by atoms with Gasteiger partial charge in [0, 0.05) is 11.1 Å². The normalized spacial score (nSPS) is 11.8. The summed E-state index contributed by atoms with van der Waals surface area (Å²) >= 11 is 0. The number of anilines is 1. The fourth-order valence-corrected chi connectivity index (χ4v) is 2.58. The van der Waals surface area contributed by atoms with E-state index in [1.165, 1.54) is 7.11 Å². The standard InChI is InChI=1S/C18H27NO6/c1-17(2,3)13-8-12(18(4,5)10-25-16(22)23-6)11(7-14(13)19)9-24-15(20)21/h7-8H,9-10,19H2,1-6H3,(H,20,21). The van der Waals surface area contributed by atoms with Crippen LogP contribution in [0.15, 0.2) is 12.1 Å². The first-order chi connectivity index (χ1) is 11.4. The Hall–Kier alpha value is -2.44. The van der Waals surface area contributed by atoms with E-state index in [2.05, 4.69) is 4.74 Å². The van der Waals surface area contributed by atoms with Crippen LogP contribution in [0.5, 0.6) is 0 Å². The van der Waals surface area contributed by atoms with E-state index in [1.54, 1.807) is 6.07 Å². The van der Waals surface area contributed by atoms with Crippen molar-refractivity contribution in [2.24, 2.45) is 0 Å². The molecule has 0 saturated heterocycles. The van der Waals surface area contributed by atoms with Gasteiger partial charge in [-0.15, -0.1) is 0 Å². The summed E-state index contributed by atoms with van der Waals surface area (Å²) in [4.78, 5) is 22.1. The summed E-state index contributed by atoms with van der Waals surface area (Å²) in [5.41, 5.74) is 8.28. The van der Waals surface area contributed by atoms with Gasteiger partial charge in [0.25, 0.3) is 0 Å². The maximum absolute atomic E-state index is 11.3. The summed E-state index contributed by atoms with van der Waals surface area (Å²) in [6, 6.07) is 3.65. The highest BCUT2D eigenvalue weighted by atomic mass is 16.7. The van der Waals surface area contributed by atoms with Crippen molar-refractivity contribution in [1.29, 1.82) is 0 Å². The molecule has 0 saturated carbocycles.